The summed E-state index contributed by atoms with van der Waals surface area (Å²) in [5.41, 5.74) is 0.769. The number of rotatable bonds is 6. The molecule has 0 bridgehead atoms. The summed E-state index contributed by atoms with van der Waals surface area (Å²) in [4.78, 5) is 16.1. The number of benzene rings is 1. The number of ether oxygens (including phenoxy) is 1. The molecule has 0 aliphatic heterocycles. The van der Waals surface area contributed by atoms with Gasteiger partial charge in [-0.3, -0.25) is 4.79 Å². The highest BCUT2D eigenvalue weighted by Crippen LogP contribution is 2.23. The Morgan fingerprint density at radius 2 is 2.20 bits per heavy atom. The average Bonchev–Trinajstić information content (AvgIpc) is 2.88. The Morgan fingerprint density at radius 3 is 2.85 bits per heavy atom. The second kappa shape index (κ2) is 6.33. The topological polar surface area (TPSA) is 51.2 Å². The molecule has 4 nitrogen and oxygen atoms in total. The Balaban J connectivity index is 2.03. The van der Waals surface area contributed by atoms with Crippen LogP contribution in [0.3, 0.4) is 0 Å². The lowest BCUT2D eigenvalue weighted by molar-refractivity contribution is -0.142. The molecule has 0 unspecified atom stereocenters. The molecule has 1 aromatic heterocycles. The van der Waals surface area contributed by atoms with E-state index in [1.165, 1.54) is 11.8 Å². The lowest BCUT2D eigenvalue weighted by Gasteiger charge is -2.28. The molecule has 0 spiro atoms. The van der Waals surface area contributed by atoms with Crippen molar-refractivity contribution < 1.29 is 9.53 Å². The molecular formula is C15H20N2O2S. The minimum atomic E-state index is -0.259. The zero-order chi connectivity index (χ0) is 14.6. The molecule has 0 amide bonds. The summed E-state index contributed by atoms with van der Waals surface area (Å²) >= 11 is 1.68. The van der Waals surface area contributed by atoms with Crippen LogP contribution in [-0.2, 0) is 16.1 Å². The van der Waals surface area contributed by atoms with Crippen LogP contribution in [0.15, 0.2) is 24.3 Å². The van der Waals surface area contributed by atoms with Crippen LogP contribution >= 0.6 is 11.3 Å². The number of aromatic nitrogens is 1. The zero-order valence-corrected chi connectivity index (χ0v) is 12.9. The monoisotopic (exact) mass is 292 g/mol. The van der Waals surface area contributed by atoms with Gasteiger partial charge in [0.1, 0.15) is 5.01 Å². The molecule has 1 N–H and O–H groups in total. The van der Waals surface area contributed by atoms with Crippen molar-refractivity contribution in [1.82, 2.24) is 10.3 Å². The Labute approximate surface area is 123 Å². The fourth-order valence-electron chi connectivity index (χ4n) is 1.99. The number of nitrogens with zero attached hydrogens (tertiary/aromatic N) is 1. The molecule has 108 valence electrons. The first-order chi connectivity index (χ1) is 9.56. The van der Waals surface area contributed by atoms with E-state index in [1.54, 1.807) is 11.3 Å². The minimum Gasteiger partial charge on any atom is -0.469 e. The lowest BCUT2D eigenvalue weighted by Crippen LogP contribution is -2.43. The number of nitrogens with one attached hydrogen (secondary N) is 1. The Kier molecular flexibility index (Phi) is 4.73. The molecule has 1 heterocycles. The van der Waals surface area contributed by atoms with Gasteiger partial charge in [-0.05, 0) is 25.5 Å². The van der Waals surface area contributed by atoms with E-state index in [1.807, 2.05) is 25.1 Å². The molecular weight excluding hydrogens is 272 g/mol. The smallest absolute Gasteiger partial charge is 0.307 e. The highest BCUT2D eigenvalue weighted by atomic mass is 32.1. The van der Waals surface area contributed by atoms with Crippen LogP contribution in [0.1, 0.15) is 31.7 Å². The standard InChI is InChI=1S/C15H20N2O2S/c1-4-15(2,9-14(18)19-3)16-10-13-17-11-7-5-6-8-12(11)20-13/h5-8,16H,4,9-10H2,1-3H3/t15-/m0/s1. The van der Waals surface area contributed by atoms with Gasteiger partial charge in [0.15, 0.2) is 0 Å². The maximum absolute atomic E-state index is 11.5. The van der Waals surface area contributed by atoms with Crippen molar-refractivity contribution in [2.75, 3.05) is 7.11 Å². The molecule has 0 aliphatic carbocycles. The van der Waals surface area contributed by atoms with Gasteiger partial charge in [-0.15, -0.1) is 11.3 Å². The highest BCUT2D eigenvalue weighted by molar-refractivity contribution is 7.18. The number of carbonyl (C=O) groups excluding carboxylic acids is 1. The molecule has 1 aromatic carbocycles. The third-order valence-corrected chi connectivity index (χ3v) is 4.58. The van der Waals surface area contributed by atoms with Gasteiger partial charge in [-0.2, -0.15) is 0 Å². The lowest BCUT2D eigenvalue weighted by atomic mass is 9.94. The Morgan fingerprint density at radius 1 is 1.45 bits per heavy atom. The van der Waals surface area contributed by atoms with E-state index in [4.69, 9.17) is 4.74 Å². The number of thiazole rings is 1. The van der Waals surface area contributed by atoms with Crippen molar-refractivity contribution in [2.24, 2.45) is 0 Å². The summed E-state index contributed by atoms with van der Waals surface area (Å²) in [6.45, 7) is 4.77. The third-order valence-electron chi connectivity index (χ3n) is 3.55. The number of carbonyl (C=O) groups is 1. The van der Waals surface area contributed by atoms with E-state index in [-0.39, 0.29) is 11.5 Å². The molecule has 0 saturated heterocycles. The molecule has 0 fully saturated rings. The van der Waals surface area contributed by atoms with E-state index >= 15 is 0 Å². The first-order valence-corrected chi connectivity index (χ1v) is 7.54. The number of methoxy groups -OCH3 is 1. The number of fused-ring (bicyclic) bond motifs is 1. The van der Waals surface area contributed by atoms with Crippen LogP contribution in [0.25, 0.3) is 10.2 Å². The predicted octanol–water partition coefficient (Wildman–Crippen LogP) is 3.12. The van der Waals surface area contributed by atoms with Gasteiger partial charge in [-0.25, -0.2) is 4.98 Å². The van der Waals surface area contributed by atoms with Gasteiger partial charge in [0.25, 0.3) is 0 Å². The molecule has 5 heteroatoms. The minimum absolute atomic E-state index is 0.189. The summed E-state index contributed by atoms with van der Waals surface area (Å²) in [7, 11) is 1.42. The zero-order valence-electron chi connectivity index (χ0n) is 12.1. The second-order valence-electron chi connectivity index (χ2n) is 5.10. The van der Waals surface area contributed by atoms with Crippen molar-refractivity contribution in [3.05, 3.63) is 29.3 Å². The Bertz CT molecular complexity index is 563. The summed E-state index contributed by atoms with van der Waals surface area (Å²) in [6.07, 6.45) is 1.22. The summed E-state index contributed by atoms with van der Waals surface area (Å²) < 4.78 is 5.95. The van der Waals surface area contributed by atoms with Crippen LogP contribution in [0, 0.1) is 0 Å². The van der Waals surface area contributed by atoms with Crippen molar-refractivity contribution in [2.45, 2.75) is 38.8 Å². The van der Waals surface area contributed by atoms with Crippen LogP contribution in [0.2, 0.25) is 0 Å². The van der Waals surface area contributed by atoms with Crippen LogP contribution in [0.4, 0.5) is 0 Å². The largest absolute Gasteiger partial charge is 0.469 e. The number of esters is 1. The van der Waals surface area contributed by atoms with Gasteiger partial charge in [0, 0.05) is 12.1 Å². The molecule has 0 saturated carbocycles. The highest BCUT2D eigenvalue weighted by Gasteiger charge is 2.25. The van der Waals surface area contributed by atoms with Gasteiger partial charge < -0.3 is 10.1 Å². The van der Waals surface area contributed by atoms with Gasteiger partial charge in [0.2, 0.25) is 0 Å². The fraction of sp³-hybridized carbons (Fsp3) is 0.467. The van der Waals surface area contributed by atoms with Crippen LogP contribution in [0.5, 0.6) is 0 Å². The van der Waals surface area contributed by atoms with E-state index in [9.17, 15) is 4.79 Å². The normalized spacial score (nSPS) is 14.2. The first kappa shape index (κ1) is 14.9. The van der Waals surface area contributed by atoms with E-state index in [2.05, 4.69) is 23.3 Å². The maximum Gasteiger partial charge on any atom is 0.307 e. The van der Waals surface area contributed by atoms with E-state index in [0.717, 1.165) is 16.9 Å². The van der Waals surface area contributed by atoms with Gasteiger partial charge in [-0.1, -0.05) is 19.1 Å². The van der Waals surface area contributed by atoms with Crippen molar-refractivity contribution in [3.63, 3.8) is 0 Å². The first-order valence-electron chi connectivity index (χ1n) is 6.72. The van der Waals surface area contributed by atoms with E-state index in [0.29, 0.717) is 13.0 Å². The van der Waals surface area contributed by atoms with Crippen molar-refractivity contribution in [1.29, 1.82) is 0 Å². The van der Waals surface area contributed by atoms with E-state index < -0.39 is 0 Å². The molecule has 0 radical (unpaired) electrons. The molecule has 0 aliphatic rings. The molecule has 2 rings (SSSR count). The quantitative estimate of drug-likeness (QED) is 0.831. The number of hydrogen-bond donors (Lipinski definition) is 1. The summed E-state index contributed by atoms with van der Waals surface area (Å²) in [5, 5.41) is 4.47. The average molecular weight is 292 g/mol. The SMILES string of the molecule is CC[C@@](C)(CC(=O)OC)NCc1nc2ccccc2s1. The third kappa shape index (κ3) is 3.55. The van der Waals surface area contributed by atoms with Crippen molar-refractivity contribution >= 4 is 27.5 Å². The molecule has 2 aromatic rings. The van der Waals surface area contributed by atoms with Crippen LogP contribution in [-0.4, -0.2) is 23.6 Å². The Hall–Kier alpha value is -1.46. The number of hydrogen-bond acceptors (Lipinski definition) is 5. The summed E-state index contributed by atoms with van der Waals surface area (Å²) in [6, 6.07) is 8.10. The van der Waals surface area contributed by atoms with Crippen molar-refractivity contribution in [3.8, 4) is 0 Å². The maximum atomic E-state index is 11.5. The molecule has 1 atom stereocenters. The second-order valence-corrected chi connectivity index (χ2v) is 6.21. The fourth-order valence-corrected chi connectivity index (χ4v) is 2.89. The number of para-hydroxylation sites is 1. The summed E-state index contributed by atoms with van der Waals surface area (Å²) in [5.74, 6) is -0.189. The van der Waals surface area contributed by atoms with Crippen LogP contribution < -0.4 is 5.32 Å². The van der Waals surface area contributed by atoms with Gasteiger partial charge >= 0.3 is 5.97 Å². The van der Waals surface area contributed by atoms with Gasteiger partial charge in [0.05, 0.1) is 23.7 Å². The predicted molar refractivity (Wildman–Crippen MR) is 81.8 cm³/mol. The molecule has 20 heavy (non-hydrogen) atoms.